The van der Waals surface area contributed by atoms with Gasteiger partial charge in [0.25, 0.3) is 0 Å². The second kappa shape index (κ2) is 7.45. The number of benzene rings is 2. The van der Waals surface area contributed by atoms with Gasteiger partial charge in [-0.05, 0) is 37.9 Å². The predicted molar refractivity (Wildman–Crippen MR) is 97.4 cm³/mol. The lowest BCUT2D eigenvalue weighted by atomic mass is 9.97. The molecule has 3 aromatic rings. The van der Waals surface area contributed by atoms with Crippen LogP contribution in [0.4, 0.5) is 4.39 Å². The Morgan fingerprint density at radius 1 is 1.00 bits per heavy atom. The Kier molecular flexibility index (Phi) is 5.10. The minimum atomic E-state index is -0.390. The van der Waals surface area contributed by atoms with Crippen molar-refractivity contribution in [3.05, 3.63) is 95.6 Å². The molecular formula is C21H21FN2O. The second-order valence-corrected chi connectivity index (χ2v) is 6.30. The third kappa shape index (κ3) is 3.69. The maximum Gasteiger partial charge on any atom is 0.193 e. The van der Waals surface area contributed by atoms with E-state index in [0.29, 0.717) is 17.8 Å². The molecule has 0 saturated heterocycles. The molecule has 1 heterocycles. The standard InChI is InChI=1S/C21H21FN2O/c1-23(2)15-20(25)19-13-8-14-24(19)21(16-9-4-3-5-10-16)17-11-6-7-12-18(17)22/h3-14,21H,15H2,1-2H3. The van der Waals surface area contributed by atoms with Gasteiger partial charge in [0.15, 0.2) is 5.78 Å². The fourth-order valence-electron chi connectivity index (χ4n) is 3.05. The molecule has 0 saturated carbocycles. The predicted octanol–water partition coefficient (Wildman–Crippen LogP) is 4.01. The third-order valence-electron chi connectivity index (χ3n) is 4.12. The molecule has 3 nitrogen and oxygen atoms in total. The molecule has 0 spiro atoms. The summed E-state index contributed by atoms with van der Waals surface area (Å²) in [5, 5.41) is 0. The molecule has 128 valence electrons. The van der Waals surface area contributed by atoms with Gasteiger partial charge in [0.1, 0.15) is 5.82 Å². The molecule has 1 aromatic heterocycles. The fraction of sp³-hybridized carbons (Fsp3) is 0.190. The minimum Gasteiger partial charge on any atom is -0.333 e. The quantitative estimate of drug-likeness (QED) is 0.636. The number of halogens is 1. The van der Waals surface area contributed by atoms with E-state index in [2.05, 4.69) is 0 Å². The van der Waals surface area contributed by atoms with Gasteiger partial charge in [0.2, 0.25) is 0 Å². The van der Waals surface area contributed by atoms with Crippen molar-refractivity contribution in [3.63, 3.8) is 0 Å². The first kappa shape index (κ1) is 17.1. The number of nitrogens with zero attached hydrogens (tertiary/aromatic N) is 2. The van der Waals surface area contributed by atoms with Gasteiger partial charge in [-0.3, -0.25) is 4.79 Å². The van der Waals surface area contributed by atoms with Crippen LogP contribution in [0.25, 0.3) is 0 Å². The van der Waals surface area contributed by atoms with Gasteiger partial charge >= 0.3 is 0 Å². The smallest absolute Gasteiger partial charge is 0.193 e. The number of ketones is 1. The van der Waals surface area contributed by atoms with Crippen molar-refractivity contribution in [2.24, 2.45) is 0 Å². The van der Waals surface area contributed by atoms with Crippen molar-refractivity contribution in [2.45, 2.75) is 6.04 Å². The maximum absolute atomic E-state index is 14.6. The number of aromatic nitrogens is 1. The Morgan fingerprint density at radius 2 is 1.68 bits per heavy atom. The second-order valence-electron chi connectivity index (χ2n) is 6.30. The lowest BCUT2D eigenvalue weighted by Crippen LogP contribution is -2.25. The molecule has 0 aliphatic carbocycles. The van der Waals surface area contributed by atoms with Crippen LogP contribution in [0.1, 0.15) is 27.7 Å². The summed E-state index contributed by atoms with van der Waals surface area (Å²) >= 11 is 0. The van der Waals surface area contributed by atoms with Crippen molar-refractivity contribution in [1.29, 1.82) is 0 Å². The number of carbonyl (C=O) groups is 1. The van der Waals surface area contributed by atoms with Gasteiger partial charge in [0, 0.05) is 11.8 Å². The Balaban J connectivity index is 2.13. The third-order valence-corrected chi connectivity index (χ3v) is 4.12. The summed E-state index contributed by atoms with van der Waals surface area (Å²) < 4.78 is 16.4. The topological polar surface area (TPSA) is 25.2 Å². The highest BCUT2D eigenvalue weighted by Crippen LogP contribution is 2.30. The van der Waals surface area contributed by atoms with Crippen molar-refractivity contribution >= 4 is 5.78 Å². The molecule has 0 amide bonds. The summed E-state index contributed by atoms with van der Waals surface area (Å²) in [5.74, 6) is -0.275. The summed E-state index contributed by atoms with van der Waals surface area (Å²) in [6, 6.07) is 19.6. The highest BCUT2D eigenvalue weighted by molar-refractivity contribution is 5.96. The number of hydrogen-bond acceptors (Lipinski definition) is 2. The Bertz CT molecular complexity index is 855. The van der Waals surface area contributed by atoms with Gasteiger partial charge in [-0.1, -0.05) is 48.5 Å². The Labute approximate surface area is 147 Å². The molecule has 2 aromatic carbocycles. The summed E-state index contributed by atoms with van der Waals surface area (Å²) in [7, 11) is 3.72. The van der Waals surface area contributed by atoms with E-state index in [4.69, 9.17) is 0 Å². The van der Waals surface area contributed by atoms with Gasteiger partial charge in [-0.25, -0.2) is 4.39 Å². The van der Waals surface area contributed by atoms with E-state index in [1.807, 2.05) is 72.2 Å². The van der Waals surface area contributed by atoms with Gasteiger partial charge in [0.05, 0.1) is 18.3 Å². The van der Waals surface area contributed by atoms with Gasteiger partial charge in [-0.2, -0.15) is 0 Å². The first-order valence-corrected chi connectivity index (χ1v) is 8.22. The van der Waals surface area contributed by atoms with E-state index < -0.39 is 6.04 Å². The maximum atomic E-state index is 14.6. The zero-order valence-electron chi connectivity index (χ0n) is 14.4. The molecule has 0 aliphatic heterocycles. The average Bonchev–Trinajstić information content (AvgIpc) is 3.07. The van der Waals surface area contributed by atoms with Gasteiger partial charge < -0.3 is 9.47 Å². The van der Waals surface area contributed by atoms with Crippen LogP contribution in [0.15, 0.2) is 72.9 Å². The molecular weight excluding hydrogens is 315 g/mol. The number of carbonyl (C=O) groups excluding carboxylic acids is 1. The lowest BCUT2D eigenvalue weighted by molar-refractivity contribution is 0.0948. The van der Waals surface area contributed by atoms with Crippen LogP contribution in [-0.4, -0.2) is 35.9 Å². The summed E-state index contributed by atoms with van der Waals surface area (Å²) in [5.41, 5.74) is 2.05. The Morgan fingerprint density at radius 3 is 2.36 bits per heavy atom. The first-order valence-electron chi connectivity index (χ1n) is 8.22. The van der Waals surface area contributed by atoms with Crippen LogP contribution in [0.5, 0.6) is 0 Å². The van der Waals surface area contributed by atoms with Crippen molar-refractivity contribution in [1.82, 2.24) is 9.47 Å². The molecule has 3 rings (SSSR count). The monoisotopic (exact) mass is 336 g/mol. The van der Waals surface area contributed by atoms with Crippen molar-refractivity contribution in [3.8, 4) is 0 Å². The number of likely N-dealkylation sites (N-methyl/N-ethyl adjacent to an activating group) is 1. The zero-order valence-corrected chi connectivity index (χ0v) is 14.4. The van der Waals surface area contributed by atoms with Crippen LogP contribution in [-0.2, 0) is 0 Å². The van der Waals surface area contributed by atoms with Gasteiger partial charge in [-0.15, -0.1) is 0 Å². The normalized spacial score (nSPS) is 12.3. The van der Waals surface area contributed by atoms with E-state index in [9.17, 15) is 9.18 Å². The largest absolute Gasteiger partial charge is 0.333 e. The van der Waals surface area contributed by atoms with Crippen molar-refractivity contribution < 1.29 is 9.18 Å². The van der Waals surface area contributed by atoms with Crippen LogP contribution >= 0.6 is 0 Å². The lowest BCUT2D eigenvalue weighted by Gasteiger charge is -2.23. The average molecular weight is 336 g/mol. The van der Waals surface area contributed by atoms with E-state index in [1.165, 1.54) is 6.07 Å². The molecule has 0 radical (unpaired) electrons. The molecule has 0 bridgehead atoms. The zero-order chi connectivity index (χ0) is 17.8. The number of rotatable bonds is 6. The van der Waals surface area contributed by atoms with Crippen LogP contribution in [0.2, 0.25) is 0 Å². The molecule has 25 heavy (non-hydrogen) atoms. The van der Waals surface area contributed by atoms with Crippen molar-refractivity contribution in [2.75, 3.05) is 20.6 Å². The van der Waals surface area contributed by atoms with E-state index in [1.54, 1.807) is 18.2 Å². The van der Waals surface area contributed by atoms with Crippen LogP contribution in [0, 0.1) is 5.82 Å². The molecule has 4 heteroatoms. The summed E-state index contributed by atoms with van der Waals surface area (Å²) in [4.78, 5) is 14.5. The highest BCUT2D eigenvalue weighted by Gasteiger charge is 2.23. The molecule has 1 atom stereocenters. The first-order chi connectivity index (χ1) is 12.1. The summed E-state index contributed by atoms with van der Waals surface area (Å²) in [6.45, 7) is 0.308. The van der Waals surface area contributed by atoms with Crippen LogP contribution in [0.3, 0.4) is 0 Å². The van der Waals surface area contributed by atoms with E-state index >= 15 is 0 Å². The minimum absolute atomic E-state index is 0.00673. The number of Topliss-reactive ketones (excluding diaryl/α,β-unsaturated/α-hetero) is 1. The number of hydrogen-bond donors (Lipinski definition) is 0. The highest BCUT2D eigenvalue weighted by atomic mass is 19.1. The van der Waals surface area contributed by atoms with E-state index in [0.717, 1.165) is 5.56 Å². The Hall–Kier alpha value is -2.72. The molecule has 0 fully saturated rings. The molecule has 0 N–H and O–H groups in total. The molecule has 0 aliphatic rings. The van der Waals surface area contributed by atoms with Crippen LogP contribution < -0.4 is 0 Å². The summed E-state index contributed by atoms with van der Waals surface area (Å²) in [6.07, 6.45) is 1.84. The van der Waals surface area contributed by atoms with E-state index in [-0.39, 0.29) is 11.6 Å². The molecule has 1 unspecified atom stereocenters. The SMILES string of the molecule is CN(C)CC(=O)c1cccn1C(c1ccccc1)c1ccccc1F. The fourth-order valence-corrected chi connectivity index (χ4v) is 3.05.